The monoisotopic (exact) mass is 222 g/mol. The van der Waals surface area contributed by atoms with Crippen LogP contribution >= 0.6 is 11.6 Å². The van der Waals surface area contributed by atoms with Gasteiger partial charge in [-0.3, -0.25) is 10.1 Å². The third-order valence-electron chi connectivity index (χ3n) is 1.39. The number of carbonyl (C=O) groups is 2. The van der Waals surface area contributed by atoms with E-state index in [1.54, 1.807) is 6.92 Å². The summed E-state index contributed by atoms with van der Waals surface area (Å²) in [4.78, 5) is 22.0. The first-order valence-electron chi connectivity index (χ1n) is 4.21. The minimum Gasteiger partial charge on any atom is -0.383 e. The van der Waals surface area contributed by atoms with Gasteiger partial charge in [0.05, 0.1) is 12.6 Å². The Morgan fingerprint density at radius 1 is 1.43 bits per heavy atom. The van der Waals surface area contributed by atoms with E-state index in [1.807, 2.05) is 0 Å². The molecule has 0 aromatic heterocycles. The van der Waals surface area contributed by atoms with Crippen LogP contribution in [0.3, 0.4) is 0 Å². The van der Waals surface area contributed by atoms with Crippen molar-refractivity contribution in [1.29, 1.82) is 0 Å². The van der Waals surface area contributed by atoms with Gasteiger partial charge >= 0.3 is 6.03 Å². The first-order chi connectivity index (χ1) is 6.47. The Morgan fingerprint density at radius 3 is 2.43 bits per heavy atom. The molecule has 0 aliphatic heterocycles. The maximum atomic E-state index is 11.1. The van der Waals surface area contributed by atoms with Crippen LogP contribution in [0.1, 0.15) is 13.8 Å². The Labute approximate surface area is 88.1 Å². The molecule has 2 N–H and O–H groups in total. The average Bonchev–Trinajstić information content (AvgIpc) is 2.03. The minimum atomic E-state index is -0.724. The second-order valence-corrected chi connectivity index (χ2v) is 3.59. The van der Waals surface area contributed by atoms with Crippen LogP contribution in [0.15, 0.2) is 0 Å². The highest BCUT2D eigenvalue weighted by Gasteiger charge is 2.14. The number of methoxy groups -OCH3 is 1. The molecule has 0 aliphatic rings. The molecule has 82 valence electrons. The number of carbonyl (C=O) groups excluding carboxylic acids is 2. The van der Waals surface area contributed by atoms with Crippen molar-refractivity contribution in [3.8, 4) is 0 Å². The first-order valence-corrected chi connectivity index (χ1v) is 4.65. The van der Waals surface area contributed by atoms with Crippen molar-refractivity contribution in [3.05, 3.63) is 0 Å². The van der Waals surface area contributed by atoms with Crippen LogP contribution in [0.4, 0.5) is 4.79 Å². The van der Waals surface area contributed by atoms with E-state index in [1.165, 1.54) is 14.0 Å². The highest BCUT2D eigenvalue weighted by atomic mass is 35.5. The molecule has 0 unspecified atom stereocenters. The Bertz CT molecular complexity index is 209. The molecule has 0 aromatic carbocycles. The zero-order chi connectivity index (χ0) is 11.1. The molecule has 0 saturated heterocycles. The summed E-state index contributed by atoms with van der Waals surface area (Å²) < 4.78 is 4.80. The SMILES string of the molecule is COC[C@@H](C)NC(=O)NC(=O)[C@H](C)Cl. The average molecular weight is 223 g/mol. The molecule has 14 heavy (non-hydrogen) atoms. The molecule has 0 rings (SSSR count). The van der Waals surface area contributed by atoms with Crippen LogP contribution in [0.25, 0.3) is 0 Å². The van der Waals surface area contributed by atoms with Crippen LogP contribution in [0, 0.1) is 0 Å². The van der Waals surface area contributed by atoms with E-state index in [9.17, 15) is 9.59 Å². The largest absolute Gasteiger partial charge is 0.383 e. The predicted molar refractivity (Wildman–Crippen MR) is 53.3 cm³/mol. The summed E-state index contributed by atoms with van der Waals surface area (Å²) in [5.41, 5.74) is 0. The molecule has 0 fully saturated rings. The van der Waals surface area contributed by atoms with Gasteiger partial charge in [-0.15, -0.1) is 11.6 Å². The summed E-state index contributed by atoms with van der Waals surface area (Å²) >= 11 is 5.45. The lowest BCUT2D eigenvalue weighted by molar-refractivity contribution is -0.119. The zero-order valence-electron chi connectivity index (χ0n) is 8.46. The highest BCUT2D eigenvalue weighted by Crippen LogP contribution is 1.92. The van der Waals surface area contributed by atoms with E-state index in [4.69, 9.17) is 16.3 Å². The molecule has 0 heterocycles. The van der Waals surface area contributed by atoms with Crippen LogP contribution in [0.2, 0.25) is 0 Å². The van der Waals surface area contributed by atoms with Gasteiger partial charge < -0.3 is 10.1 Å². The maximum Gasteiger partial charge on any atom is 0.321 e. The molecule has 0 aliphatic carbocycles. The number of rotatable bonds is 4. The van der Waals surface area contributed by atoms with E-state index < -0.39 is 17.3 Å². The Hall–Kier alpha value is -0.810. The van der Waals surface area contributed by atoms with Gasteiger partial charge in [-0.05, 0) is 13.8 Å². The number of imide groups is 1. The molecule has 5 nitrogen and oxygen atoms in total. The van der Waals surface area contributed by atoms with E-state index >= 15 is 0 Å². The van der Waals surface area contributed by atoms with Gasteiger partial charge in [-0.1, -0.05) is 0 Å². The summed E-state index contributed by atoms with van der Waals surface area (Å²) in [6, 6.07) is -0.717. The normalized spacial score (nSPS) is 14.3. The molecular formula is C8H15ClN2O3. The van der Waals surface area contributed by atoms with E-state index in [2.05, 4.69) is 10.6 Å². The third-order valence-corrected chi connectivity index (χ3v) is 1.59. The molecule has 0 saturated carbocycles. The van der Waals surface area contributed by atoms with E-state index in [-0.39, 0.29) is 6.04 Å². The van der Waals surface area contributed by atoms with Crippen LogP contribution in [-0.4, -0.2) is 37.1 Å². The van der Waals surface area contributed by atoms with Crippen molar-refractivity contribution in [2.75, 3.05) is 13.7 Å². The fraction of sp³-hybridized carbons (Fsp3) is 0.750. The van der Waals surface area contributed by atoms with Gasteiger partial charge in [0.2, 0.25) is 5.91 Å². The van der Waals surface area contributed by atoms with Crippen molar-refractivity contribution < 1.29 is 14.3 Å². The second-order valence-electron chi connectivity index (χ2n) is 2.94. The number of halogens is 1. The number of urea groups is 1. The predicted octanol–water partition coefficient (Wildman–Crippen LogP) is 0.474. The smallest absolute Gasteiger partial charge is 0.321 e. The number of nitrogens with one attached hydrogen (secondary N) is 2. The number of ether oxygens (including phenoxy) is 1. The van der Waals surface area contributed by atoms with E-state index in [0.717, 1.165) is 0 Å². The topological polar surface area (TPSA) is 67.4 Å². The van der Waals surface area contributed by atoms with Crippen molar-refractivity contribution >= 4 is 23.5 Å². The summed E-state index contributed by atoms with van der Waals surface area (Å²) in [6.45, 7) is 3.64. The summed E-state index contributed by atoms with van der Waals surface area (Å²) in [5.74, 6) is -0.520. The molecule has 6 heteroatoms. The molecule has 3 amide bonds. The molecule has 0 radical (unpaired) electrons. The van der Waals surface area contributed by atoms with Crippen LogP contribution in [-0.2, 0) is 9.53 Å². The van der Waals surface area contributed by atoms with Gasteiger partial charge in [0.25, 0.3) is 0 Å². The first kappa shape index (κ1) is 13.2. The lowest BCUT2D eigenvalue weighted by Crippen LogP contribution is -2.46. The minimum absolute atomic E-state index is 0.154. The van der Waals surface area contributed by atoms with Crippen molar-refractivity contribution in [2.45, 2.75) is 25.3 Å². The lowest BCUT2D eigenvalue weighted by atomic mass is 10.4. The third kappa shape index (κ3) is 5.77. The Balaban J connectivity index is 3.81. The molecule has 2 atom stereocenters. The van der Waals surface area contributed by atoms with Crippen LogP contribution in [0.5, 0.6) is 0 Å². The maximum absolute atomic E-state index is 11.1. The van der Waals surface area contributed by atoms with Gasteiger partial charge in [0, 0.05) is 7.11 Å². The summed E-state index contributed by atoms with van der Waals surface area (Å²) in [6.07, 6.45) is 0. The number of hydrogen-bond donors (Lipinski definition) is 2. The Kier molecular flexibility index (Phi) is 6.23. The summed E-state index contributed by atoms with van der Waals surface area (Å²) in [7, 11) is 1.53. The number of hydrogen-bond acceptors (Lipinski definition) is 3. The quantitative estimate of drug-likeness (QED) is 0.680. The van der Waals surface area contributed by atoms with Gasteiger partial charge in [-0.2, -0.15) is 0 Å². The number of alkyl halides is 1. The second kappa shape index (κ2) is 6.62. The lowest BCUT2D eigenvalue weighted by Gasteiger charge is -2.13. The zero-order valence-corrected chi connectivity index (χ0v) is 9.22. The molecule has 0 spiro atoms. The van der Waals surface area contributed by atoms with Crippen LogP contribution < -0.4 is 10.6 Å². The standard InChI is InChI=1S/C8H15ClN2O3/c1-5(4-14-3)10-8(13)11-7(12)6(2)9/h5-6H,4H2,1-3H3,(H2,10,11,12,13)/t5-,6+/m1/s1. The Morgan fingerprint density at radius 2 is 2.00 bits per heavy atom. The number of amides is 3. The van der Waals surface area contributed by atoms with Gasteiger partial charge in [0.15, 0.2) is 0 Å². The molecular weight excluding hydrogens is 208 g/mol. The van der Waals surface area contributed by atoms with Crippen molar-refractivity contribution in [3.63, 3.8) is 0 Å². The van der Waals surface area contributed by atoms with Crippen molar-refractivity contribution in [2.24, 2.45) is 0 Å². The van der Waals surface area contributed by atoms with Crippen molar-refractivity contribution in [1.82, 2.24) is 10.6 Å². The molecule has 0 bridgehead atoms. The van der Waals surface area contributed by atoms with Gasteiger partial charge in [-0.25, -0.2) is 4.79 Å². The molecule has 0 aromatic rings. The van der Waals surface area contributed by atoms with Gasteiger partial charge in [0.1, 0.15) is 5.38 Å². The summed E-state index contributed by atoms with van der Waals surface area (Å²) in [5, 5.41) is 3.88. The fourth-order valence-electron chi connectivity index (χ4n) is 0.763. The van der Waals surface area contributed by atoms with E-state index in [0.29, 0.717) is 6.61 Å². The highest BCUT2D eigenvalue weighted by molar-refractivity contribution is 6.31. The fourth-order valence-corrected chi connectivity index (χ4v) is 0.817.